The number of fused-ring (bicyclic) bond motifs is 1. The Kier molecular flexibility index (Phi) is 4.46. The smallest absolute Gasteiger partial charge is 0.293 e. The maximum atomic E-state index is 12.5. The number of rotatable bonds is 4. The van der Waals surface area contributed by atoms with Crippen molar-refractivity contribution in [2.24, 2.45) is 0 Å². The summed E-state index contributed by atoms with van der Waals surface area (Å²) in [7, 11) is 0. The molecule has 0 saturated carbocycles. The minimum Gasteiger partial charge on any atom is -0.378 e. The van der Waals surface area contributed by atoms with Crippen LogP contribution < -0.4 is 10.2 Å². The molecule has 0 bridgehead atoms. The molecule has 10 nitrogen and oxygen atoms in total. The lowest BCUT2D eigenvalue weighted by molar-refractivity contribution is -0.384. The van der Waals surface area contributed by atoms with E-state index in [0.717, 1.165) is 5.69 Å². The van der Waals surface area contributed by atoms with Crippen LogP contribution in [0.1, 0.15) is 16.1 Å². The predicted octanol–water partition coefficient (Wildman–Crippen LogP) is 2.10. The van der Waals surface area contributed by atoms with Gasteiger partial charge in [-0.1, -0.05) is 0 Å². The van der Waals surface area contributed by atoms with E-state index in [2.05, 4.69) is 15.4 Å². The number of hydrogen-bond donors (Lipinski definition) is 1. The van der Waals surface area contributed by atoms with Gasteiger partial charge in [0.1, 0.15) is 5.69 Å². The van der Waals surface area contributed by atoms with Crippen LogP contribution in [-0.2, 0) is 4.74 Å². The lowest BCUT2D eigenvalue weighted by atomic mass is 10.1. The second-order valence-corrected chi connectivity index (χ2v) is 6.86. The van der Waals surface area contributed by atoms with E-state index in [4.69, 9.17) is 4.74 Å². The van der Waals surface area contributed by atoms with E-state index in [1.807, 2.05) is 17.2 Å². The molecule has 1 aromatic carbocycles. The maximum Gasteiger partial charge on any atom is 0.293 e. The van der Waals surface area contributed by atoms with E-state index >= 15 is 0 Å². The van der Waals surface area contributed by atoms with Gasteiger partial charge in [0.05, 0.1) is 23.8 Å². The molecule has 0 unspecified atom stereocenters. The third-order valence-electron chi connectivity index (χ3n) is 4.26. The number of hydrogen-bond acceptors (Lipinski definition) is 8. The van der Waals surface area contributed by atoms with Crippen molar-refractivity contribution in [1.82, 2.24) is 14.6 Å². The highest BCUT2D eigenvalue weighted by molar-refractivity contribution is 7.15. The van der Waals surface area contributed by atoms with E-state index in [1.165, 1.54) is 17.4 Å². The quantitative estimate of drug-likeness (QED) is 0.537. The summed E-state index contributed by atoms with van der Waals surface area (Å²) in [6.45, 7) is 4.06. The normalized spacial score (nSPS) is 14.5. The Morgan fingerprint density at radius 1 is 1.37 bits per heavy atom. The van der Waals surface area contributed by atoms with Crippen molar-refractivity contribution in [3.63, 3.8) is 0 Å². The fourth-order valence-electron chi connectivity index (χ4n) is 2.90. The first kappa shape index (κ1) is 17.4. The number of benzene rings is 1. The first-order chi connectivity index (χ1) is 13.0. The summed E-state index contributed by atoms with van der Waals surface area (Å²) in [4.78, 5) is 30.3. The number of nitro benzene ring substituents is 1. The molecule has 1 aliphatic heterocycles. The van der Waals surface area contributed by atoms with Crippen LogP contribution in [0.4, 0.5) is 17.3 Å². The van der Waals surface area contributed by atoms with Gasteiger partial charge in [0.2, 0.25) is 4.96 Å². The fourth-order valence-corrected chi connectivity index (χ4v) is 3.70. The van der Waals surface area contributed by atoms with Gasteiger partial charge in [-0.3, -0.25) is 20.2 Å². The Balaban J connectivity index is 1.59. The topological polar surface area (TPSA) is 115 Å². The molecule has 4 rings (SSSR count). The Labute approximate surface area is 157 Å². The zero-order valence-electron chi connectivity index (χ0n) is 14.4. The minimum absolute atomic E-state index is 0.112. The molecule has 1 N–H and O–H groups in total. The molecule has 1 amide bonds. The zero-order valence-corrected chi connectivity index (χ0v) is 15.2. The first-order valence-electron chi connectivity index (χ1n) is 8.26. The average molecular weight is 388 g/mol. The number of morpholine rings is 1. The zero-order chi connectivity index (χ0) is 19.0. The molecular weight excluding hydrogens is 372 g/mol. The second kappa shape index (κ2) is 6.93. The van der Waals surface area contributed by atoms with Crippen LogP contribution in [0.5, 0.6) is 0 Å². The van der Waals surface area contributed by atoms with Crippen molar-refractivity contribution in [1.29, 1.82) is 0 Å². The highest BCUT2D eigenvalue weighted by atomic mass is 32.1. The van der Waals surface area contributed by atoms with E-state index in [-0.39, 0.29) is 17.2 Å². The van der Waals surface area contributed by atoms with E-state index < -0.39 is 10.8 Å². The lowest BCUT2D eigenvalue weighted by Gasteiger charge is -2.28. The van der Waals surface area contributed by atoms with Crippen molar-refractivity contribution in [3.05, 3.63) is 45.0 Å². The van der Waals surface area contributed by atoms with Gasteiger partial charge in [-0.2, -0.15) is 4.98 Å². The number of aryl methyl sites for hydroxylation is 1. The molecule has 3 heterocycles. The number of nitrogens with zero attached hydrogens (tertiary/aromatic N) is 5. The molecule has 0 radical (unpaired) electrons. The van der Waals surface area contributed by atoms with Gasteiger partial charge in [0.25, 0.3) is 17.5 Å². The van der Waals surface area contributed by atoms with Gasteiger partial charge in [0, 0.05) is 30.1 Å². The van der Waals surface area contributed by atoms with Crippen LogP contribution in [0.2, 0.25) is 0 Å². The van der Waals surface area contributed by atoms with Crippen molar-refractivity contribution >= 4 is 39.5 Å². The molecule has 0 atom stereocenters. The predicted molar refractivity (Wildman–Crippen MR) is 99.7 cm³/mol. The molecule has 0 aliphatic carbocycles. The van der Waals surface area contributed by atoms with Gasteiger partial charge < -0.3 is 9.64 Å². The number of carbonyl (C=O) groups is 1. The SMILES string of the molecule is Cc1csc2nc(NC(=O)c3ccc(N4CCOCC4)c([N+](=O)[O-])c3)nn12. The molecule has 27 heavy (non-hydrogen) atoms. The second-order valence-electron chi connectivity index (χ2n) is 6.02. The van der Waals surface area contributed by atoms with Gasteiger partial charge >= 0.3 is 0 Å². The number of anilines is 2. The van der Waals surface area contributed by atoms with Crippen LogP contribution in [0.25, 0.3) is 4.96 Å². The lowest BCUT2D eigenvalue weighted by Crippen LogP contribution is -2.36. The molecule has 0 spiro atoms. The van der Waals surface area contributed by atoms with E-state index in [0.29, 0.717) is 37.0 Å². The Morgan fingerprint density at radius 3 is 2.85 bits per heavy atom. The van der Waals surface area contributed by atoms with Gasteiger partial charge in [0.15, 0.2) is 0 Å². The fraction of sp³-hybridized carbons (Fsp3) is 0.312. The third kappa shape index (κ3) is 3.34. The minimum atomic E-state index is -0.498. The number of nitrogens with one attached hydrogen (secondary N) is 1. The van der Waals surface area contributed by atoms with Crippen LogP contribution >= 0.6 is 11.3 Å². The highest BCUT2D eigenvalue weighted by Gasteiger charge is 2.23. The average Bonchev–Trinajstić information content (AvgIpc) is 3.23. The van der Waals surface area contributed by atoms with Gasteiger partial charge in [-0.15, -0.1) is 16.4 Å². The maximum absolute atomic E-state index is 12.5. The number of aromatic nitrogens is 3. The molecule has 1 fully saturated rings. The summed E-state index contributed by atoms with van der Waals surface area (Å²) < 4.78 is 6.92. The van der Waals surface area contributed by atoms with Crippen molar-refractivity contribution in [2.45, 2.75) is 6.92 Å². The molecule has 1 aliphatic rings. The van der Waals surface area contributed by atoms with Crippen LogP contribution in [0.15, 0.2) is 23.6 Å². The van der Waals surface area contributed by atoms with Gasteiger partial charge in [-0.05, 0) is 19.1 Å². The van der Waals surface area contributed by atoms with Crippen LogP contribution in [0.3, 0.4) is 0 Å². The van der Waals surface area contributed by atoms with Crippen LogP contribution in [-0.4, -0.2) is 51.7 Å². The van der Waals surface area contributed by atoms with Crippen molar-refractivity contribution in [3.8, 4) is 0 Å². The first-order valence-corrected chi connectivity index (χ1v) is 9.14. The standard InChI is InChI=1S/C16H16N6O4S/c1-10-9-27-16-18-15(19-21(10)16)17-14(23)11-2-3-12(13(8-11)22(24)25)20-4-6-26-7-5-20/h2-3,8-9H,4-7H2,1H3,(H,17,19,23). The molecule has 11 heteroatoms. The number of carbonyl (C=O) groups excluding carboxylic acids is 1. The van der Waals surface area contributed by atoms with Crippen molar-refractivity contribution in [2.75, 3.05) is 36.5 Å². The summed E-state index contributed by atoms with van der Waals surface area (Å²) in [5.74, 6) is -0.336. The Bertz CT molecular complexity index is 1020. The number of ether oxygens (including phenoxy) is 1. The summed E-state index contributed by atoms with van der Waals surface area (Å²) in [5, 5.41) is 20.2. The monoisotopic (exact) mass is 388 g/mol. The summed E-state index contributed by atoms with van der Waals surface area (Å²) in [6.07, 6.45) is 0. The molecule has 3 aromatic rings. The van der Waals surface area contributed by atoms with Gasteiger partial charge in [-0.25, -0.2) is 4.52 Å². The highest BCUT2D eigenvalue weighted by Crippen LogP contribution is 2.30. The number of amides is 1. The largest absolute Gasteiger partial charge is 0.378 e. The third-order valence-corrected chi connectivity index (χ3v) is 5.19. The van der Waals surface area contributed by atoms with E-state index in [1.54, 1.807) is 16.6 Å². The Morgan fingerprint density at radius 2 is 2.15 bits per heavy atom. The summed E-state index contributed by atoms with van der Waals surface area (Å²) in [6, 6.07) is 4.45. The Hall–Kier alpha value is -3.05. The molecule has 140 valence electrons. The van der Waals surface area contributed by atoms with Crippen molar-refractivity contribution < 1.29 is 14.5 Å². The van der Waals surface area contributed by atoms with Crippen LogP contribution in [0, 0.1) is 17.0 Å². The van der Waals surface area contributed by atoms with E-state index in [9.17, 15) is 14.9 Å². The molecule has 2 aromatic heterocycles. The summed E-state index contributed by atoms with van der Waals surface area (Å²) in [5.41, 5.74) is 1.46. The summed E-state index contributed by atoms with van der Waals surface area (Å²) >= 11 is 1.41. The molecule has 1 saturated heterocycles. The number of thiazole rings is 1. The molecular formula is C16H16N6O4S. The number of nitro groups is 1.